The summed E-state index contributed by atoms with van der Waals surface area (Å²) in [6.45, 7) is 1.67. The highest BCUT2D eigenvalue weighted by Gasteiger charge is 2.20. The SMILES string of the molecule is CNC(=O)c1ncc(-c2ccccc2)c(C(N)=O)c1C. The van der Waals surface area contributed by atoms with E-state index in [-0.39, 0.29) is 11.6 Å². The van der Waals surface area contributed by atoms with Crippen LogP contribution in [-0.2, 0) is 0 Å². The predicted octanol–water partition coefficient (Wildman–Crippen LogP) is 1.52. The summed E-state index contributed by atoms with van der Waals surface area (Å²) in [7, 11) is 1.51. The van der Waals surface area contributed by atoms with E-state index in [2.05, 4.69) is 10.3 Å². The second-order valence-corrected chi connectivity index (χ2v) is 4.33. The second-order valence-electron chi connectivity index (χ2n) is 4.33. The summed E-state index contributed by atoms with van der Waals surface area (Å²) < 4.78 is 0. The van der Waals surface area contributed by atoms with Crippen LogP contribution in [0, 0.1) is 6.92 Å². The largest absolute Gasteiger partial charge is 0.366 e. The van der Waals surface area contributed by atoms with Gasteiger partial charge in [0, 0.05) is 18.8 Å². The molecule has 1 heterocycles. The number of benzene rings is 1. The van der Waals surface area contributed by atoms with Crippen LogP contribution in [0.4, 0.5) is 0 Å². The molecule has 0 spiro atoms. The van der Waals surface area contributed by atoms with E-state index in [0.29, 0.717) is 16.7 Å². The fourth-order valence-electron chi connectivity index (χ4n) is 2.11. The highest BCUT2D eigenvalue weighted by Crippen LogP contribution is 2.26. The van der Waals surface area contributed by atoms with Crippen molar-refractivity contribution >= 4 is 11.8 Å². The topological polar surface area (TPSA) is 85.1 Å². The van der Waals surface area contributed by atoms with Gasteiger partial charge in [-0.2, -0.15) is 0 Å². The average molecular weight is 269 g/mol. The van der Waals surface area contributed by atoms with E-state index in [1.54, 1.807) is 6.92 Å². The minimum absolute atomic E-state index is 0.209. The van der Waals surface area contributed by atoms with Crippen LogP contribution in [0.15, 0.2) is 36.5 Å². The Bertz CT molecular complexity index is 666. The molecule has 0 saturated heterocycles. The molecule has 0 unspecified atom stereocenters. The van der Waals surface area contributed by atoms with Crippen LogP contribution in [0.25, 0.3) is 11.1 Å². The van der Waals surface area contributed by atoms with Gasteiger partial charge in [0.2, 0.25) is 5.91 Å². The Hall–Kier alpha value is -2.69. The highest BCUT2D eigenvalue weighted by molar-refractivity contribution is 6.04. The van der Waals surface area contributed by atoms with E-state index < -0.39 is 5.91 Å². The molecule has 0 fully saturated rings. The third-order valence-electron chi connectivity index (χ3n) is 3.10. The minimum Gasteiger partial charge on any atom is -0.366 e. The number of nitrogens with zero attached hydrogens (tertiary/aromatic N) is 1. The van der Waals surface area contributed by atoms with E-state index in [0.717, 1.165) is 5.56 Å². The normalized spacial score (nSPS) is 10.1. The van der Waals surface area contributed by atoms with Gasteiger partial charge in [-0.3, -0.25) is 14.6 Å². The molecule has 5 nitrogen and oxygen atoms in total. The van der Waals surface area contributed by atoms with Crippen molar-refractivity contribution in [2.45, 2.75) is 6.92 Å². The number of aromatic nitrogens is 1. The van der Waals surface area contributed by atoms with E-state index in [4.69, 9.17) is 5.73 Å². The first-order valence-electron chi connectivity index (χ1n) is 6.13. The molecule has 20 heavy (non-hydrogen) atoms. The van der Waals surface area contributed by atoms with Crippen LogP contribution in [0.5, 0.6) is 0 Å². The Morgan fingerprint density at radius 3 is 2.40 bits per heavy atom. The molecule has 0 radical (unpaired) electrons. The zero-order chi connectivity index (χ0) is 14.7. The highest BCUT2D eigenvalue weighted by atomic mass is 16.2. The van der Waals surface area contributed by atoms with Crippen molar-refractivity contribution in [3.05, 3.63) is 53.3 Å². The zero-order valence-electron chi connectivity index (χ0n) is 11.3. The number of primary amides is 1. The fourth-order valence-corrected chi connectivity index (χ4v) is 2.11. The molecule has 2 amide bonds. The van der Waals surface area contributed by atoms with Gasteiger partial charge in [-0.1, -0.05) is 30.3 Å². The molecule has 1 aromatic heterocycles. The van der Waals surface area contributed by atoms with Crippen LogP contribution < -0.4 is 11.1 Å². The van der Waals surface area contributed by atoms with Crippen molar-refractivity contribution < 1.29 is 9.59 Å². The summed E-state index contributed by atoms with van der Waals surface area (Å²) in [5, 5.41) is 2.49. The van der Waals surface area contributed by atoms with E-state index in [1.807, 2.05) is 30.3 Å². The maximum atomic E-state index is 11.7. The number of rotatable bonds is 3. The monoisotopic (exact) mass is 269 g/mol. The molecule has 0 aliphatic heterocycles. The lowest BCUT2D eigenvalue weighted by Gasteiger charge is -2.12. The minimum atomic E-state index is -0.575. The number of nitrogens with two attached hydrogens (primary N) is 1. The first-order chi connectivity index (χ1) is 9.56. The molecule has 2 rings (SSSR count). The van der Waals surface area contributed by atoms with Gasteiger partial charge >= 0.3 is 0 Å². The number of amides is 2. The van der Waals surface area contributed by atoms with Crippen LogP contribution in [0.1, 0.15) is 26.4 Å². The predicted molar refractivity (Wildman–Crippen MR) is 76.3 cm³/mol. The Labute approximate surface area is 116 Å². The number of hydrogen-bond donors (Lipinski definition) is 2. The molecule has 0 atom stereocenters. The van der Waals surface area contributed by atoms with Crippen LogP contribution in [-0.4, -0.2) is 23.8 Å². The quantitative estimate of drug-likeness (QED) is 0.885. The third-order valence-corrected chi connectivity index (χ3v) is 3.10. The molecule has 0 aliphatic carbocycles. The maximum Gasteiger partial charge on any atom is 0.269 e. The molecule has 0 aliphatic rings. The van der Waals surface area contributed by atoms with Crippen LogP contribution in [0.3, 0.4) is 0 Å². The van der Waals surface area contributed by atoms with Gasteiger partial charge < -0.3 is 11.1 Å². The van der Waals surface area contributed by atoms with Gasteiger partial charge in [0.25, 0.3) is 5.91 Å². The van der Waals surface area contributed by atoms with Crippen molar-refractivity contribution in [1.82, 2.24) is 10.3 Å². The van der Waals surface area contributed by atoms with E-state index in [9.17, 15) is 9.59 Å². The van der Waals surface area contributed by atoms with Gasteiger partial charge in [-0.15, -0.1) is 0 Å². The first-order valence-corrected chi connectivity index (χ1v) is 6.13. The van der Waals surface area contributed by atoms with Gasteiger partial charge in [-0.05, 0) is 18.1 Å². The standard InChI is InChI=1S/C15H15N3O2/c1-9-12(14(16)19)11(10-6-4-3-5-7-10)8-18-13(9)15(20)17-2/h3-8H,1-2H3,(H2,16,19)(H,17,20). The molecular weight excluding hydrogens is 254 g/mol. The molecular formula is C15H15N3O2. The molecule has 102 valence electrons. The number of carbonyl (C=O) groups excluding carboxylic acids is 2. The Morgan fingerprint density at radius 1 is 1.20 bits per heavy atom. The van der Waals surface area contributed by atoms with Crippen LogP contribution >= 0.6 is 0 Å². The fraction of sp³-hybridized carbons (Fsp3) is 0.133. The molecule has 3 N–H and O–H groups in total. The molecule has 2 aromatic rings. The average Bonchev–Trinajstić information content (AvgIpc) is 2.46. The summed E-state index contributed by atoms with van der Waals surface area (Å²) in [6.07, 6.45) is 1.51. The summed E-state index contributed by atoms with van der Waals surface area (Å²) >= 11 is 0. The summed E-state index contributed by atoms with van der Waals surface area (Å²) in [5.74, 6) is -0.918. The zero-order valence-corrected chi connectivity index (χ0v) is 11.3. The molecule has 5 heteroatoms. The molecule has 0 saturated carbocycles. The van der Waals surface area contributed by atoms with E-state index in [1.165, 1.54) is 13.2 Å². The summed E-state index contributed by atoms with van der Waals surface area (Å²) in [6, 6.07) is 9.34. The number of pyridine rings is 1. The lowest BCUT2D eigenvalue weighted by atomic mass is 9.96. The van der Waals surface area contributed by atoms with Gasteiger partial charge in [0.1, 0.15) is 5.69 Å². The smallest absolute Gasteiger partial charge is 0.269 e. The van der Waals surface area contributed by atoms with Crippen molar-refractivity contribution in [3.8, 4) is 11.1 Å². The third kappa shape index (κ3) is 2.38. The summed E-state index contributed by atoms with van der Waals surface area (Å²) in [5.41, 5.74) is 7.94. The first kappa shape index (κ1) is 13.7. The number of nitrogens with one attached hydrogen (secondary N) is 1. The van der Waals surface area contributed by atoms with Gasteiger partial charge in [0.15, 0.2) is 0 Å². The van der Waals surface area contributed by atoms with Gasteiger partial charge in [0.05, 0.1) is 5.56 Å². The van der Waals surface area contributed by atoms with Crippen molar-refractivity contribution in [2.75, 3.05) is 7.05 Å². The molecule has 0 bridgehead atoms. The Kier molecular flexibility index (Phi) is 3.79. The number of hydrogen-bond acceptors (Lipinski definition) is 3. The summed E-state index contributed by atoms with van der Waals surface area (Å²) in [4.78, 5) is 27.6. The van der Waals surface area contributed by atoms with Gasteiger partial charge in [-0.25, -0.2) is 0 Å². The maximum absolute atomic E-state index is 11.7. The lowest BCUT2D eigenvalue weighted by Crippen LogP contribution is -2.23. The lowest BCUT2D eigenvalue weighted by molar-refractivity contribution is 0.0957. The number of carbonyl (C=O) groups is 2. The Morgan fingerprint density at radius 2 is 1.85 bits per heavy atom. The van der Waals surface area contributed by atoms with Crippen molar-refractivity contribution in [2.24, 2.45) is 5.73 Å². The van der Waals surface area contributed by atoms with Crippen LogP contribution in [0.2, 0.25) is 0 Å². The van der Waals surface area contributed by atoms with E-state index >= 15 is 0 Å². The van der Waals surface area contributed by atoms with Crippen molar-refractivity contribution in [1.29, 1.82) is 0 Å². The van der Waals surface area contributed by atoms with Crippen molar-refractivity contribution in [3.63, 3.8) is 0 Å². The molecule has 1 aromatic carbocycles. The second kappa shape index (κ2) is 5.52. The Balaban J connectivity index is 2.69.